The number of hydrogen-bond donors (Lipinski definition) is 1. The maximum atomic E-state index is 11.9. The molecular weight excluding hydrogens is 598 g/mol. The van der Waals surface area contributed by atoms with Crippen molar-refractivity contribution in [3.8, 4) is 22.4 Å². The lowest BCUT2D eigenvalue weighted by atomic mass is 9.72. The average molecular weight is 642 g/mol. The van der Waals surface area contributed by atoms with Gasteiger partial charge in [0.05, 0.1) is 23.3 Å². The number of piperazine rings is 1. The molecular formula is C38H43N9O. The third-order valence-electron chi connectivity index (χ3n) is 10.5. The van der Waals surface area contributed by atoms with Gasteiger partial charge in [0, 0.05) is 88.5 Å². The number of rotatable bonds is 7. The Labute approximate surface area is 281 Å². The standard InChI is InChI=1S/C38H43N9O/c1-24-16-29(17-24)32-20-31(47-14-12-46(13-15-47)25(2)48)9-11-33(32)41-38-39-21-28-8-10-34-36(37(28)42-38)35(45(4)43-34)19-26-6-5-7-27(18-26)30-22-40-44(3)23-30/h5-7,9,11,18,20-24,29H,8,10,12-17,19H2,1-4H3,(H,39,41,42). The van der Waals surface area contributed by atoms with E-state index in [0.717, 1.165) is 90.8 Å². The molecule has 5 aromatic rings. The fraction of sp³-hybridized carbons (Fsp3) is 0.395. The molecule has 4 heterocycles. The molecule has 2 aliphatic carbocycles. The summed E-state index contributed by atoms with van der Waals surface area (Å²) in [6.07, 6.45) is 10.9. The molecule has 1 amide bonds. The van der Waals surface area contributed by atoms with E-state index in [1.807, 2.05) is 46.9 Å². The van der Waals surface area contributed by atoms with E-state index in [2.05, 4.69) is 64.7 Å². The first kappa shape index (κ1) is 30.4. The zero-order valence-corrected chi connectivity index (χ0v) is 28.3. The summed E-state index contributed by atoms with van der Waals surface area (Å²) in [5.74, 6) is 2.02. The zero-order valence-electron chi connectivity index (χ0n) is 28.3. The molecule has 1 saturated carbocycles. The highest BCUT2D eigenvalue weighted by molar-refractivity contribution is 5.75. The van der Waals surface area contributed by atoms with Gasteiger partial charge in [0.1, 0.15) is 0 Å². The molecule has 0 atom stereocenters. The molecule has 3 aliphatic rings. The van der Waals surface area contributed by atoms with Gasteiger partial charge in [-0.05, 0) is 78.0 Å². The van der Waals surface area contributed by atoms with Crippen molar-refractivity contribution in [3.63, 3.8) is 0 Å². The van der Waals surface area contributed by atoms with Gasteiger partial charge in [-0.1, -0.05) is 31.2 Å². The number of aromatic nitrogens is 6. The SMILES string of the molecule is CC(=O)N1CCN(c2ccc(Nc3ncc4c(n3)-c3c(nn(C)c3Cc3cccc(-c5cnn(C)c5)c3)CC4)c(C3CC(C)C3)c2)CC1. The van der Waals surface area contributed by atoms with Crippen LogP contribution in [0.4, 0.5) is 17.3 Å². The van der Waals surface area contributed by atoms with E-state index in [-0.39, 0.29) is 5.91 Å². The largest absolute Gasteiger partial charge is 0.368 e. The Morgan fingerprint density at radius 3 is 2.56 bits per heavy atom. The number of fused-ring (bicyclic) bond motifs is 3. The smallest absolute Gasteiger partial charge is 0.227 e. The Balaban J connectivity index is 1.09. The molecule has 0 unspecified atom stereocenters. The van der Waals surface area contributed by atoms with Gasteiger partial charge < -0.3 is 15.1 Å². The lowest BCUT2D eigenvalue weighted by molar-refractivity contribution is -0.129. The number of benzene rings is 2. The van der Waals surface area contributed by atoms with E-state index >= 15 is 0 Å². The summed E-state index contributed by atoms with van der Waals surface area (Å²) >= 11 is 0. The van der Waals surface area contributed by atoms with Crippen LogP contribution in [0.15, 0.2) is 61.1 Å². The van der Waals surface area contributed by atoms with Crippen molar-refractivity contribution in [2.75, 3.05) is 36.4 Å². The second-order valence-corrected chi connectivity index (χ2v) is 13.9. The van der Waals surface area contributed by atoms with Crippen LogP contribution in [0, 0.1) is 5.92 Å². The van der Waals surface area contributed by atoms with Gasteiger partial charge in [0.25, 0.3) is 0 Å². The minimum Gasteiger partial charge on any atom is -0.368 e. The normalized spacial score (nSPS) is 18.7. The number of anilines is 3. The van der Waals surface area contributed by atoms with Crippen molar-refractivity contribution in [2.24, 2.45) is 20.0 Å². The number of nitrogens with one attached hydrogen (secondary N) is 1. The topological polar surface area (TPSA) is 97.0 Å². The van der Waals surface area contributed by atoms with Crippen molar-refractivity contribution >= 4 is 23.2 Å². The van der Waals surface area contributed by atoms with E-state index in [1.54, 1.807) is 6.92 Å². The van der Waals surface area contributed by atoms with Gasteiger partial charge in [-0.15, -0.1) is 0 Å². The summed E-state index contributed by atoms with van der Waals surface area (Å²) in [6.45, 7) is 7.23. The monoisotopic (exact) mass is 641 g/mol. The van der Waals surface area contributed by atoms with E-state index in [9.17, 15) is 4.79 Å². The predicted molar refractivity (Wildman–Crippen MR) is 188 cm³/mol. The molecule has 1 aliphatic heterocycles. The molecule has 48 heavy (non-hydrogen) atoms. The number of aryl methyl sites for hydroxylation is 4. The molecule has 0 bridgehead atoms. The van der Waals surface area contributed by atoms with Crippen molar-refractivity contribution in [1.82, 2.24) is 34.4 Å². The van der Waals surface area contributed by atoms with E-state index in [1.165, 1.54) is 35.2 Å². The van der Waals surface area contributed by atoms with Gasteiger partial charge >= 0.3 is 0 Å². The Hall–Kier alpha value is -4.99. The van der Waals surface area contributed by atoms with Crippen molar-refractivity contribution in [2.45, 2.75) is 51.9 Å². The lowest BCUT2D eigenvalue weighted by Gasteiger charge is -2.38. The zero-order chi connectivity index (χ0) is 32.9. The highest BCUT2D eigenvalue weighted by Crippen LogP contribution is 2.45. The number of hydrogen-bond acceptors (Lipinski definition) is 7. The van der Waals surface area contributed by atoms with Crippen molar-refractivity contribution < 1.29 is 4.79 Å². The summed E-state index contributed by atoms with van der Waals surface area (Å²) in [6, 6.07) is 15.5. The third-order valence-corrected chi connectivity index (χ3v) is 10.5. The third kappa shape index (κ3) is 5.73. The predicted octanol–water partition coefficient (Wildman–Crippen LogP) is 5.89. The van der Waals surface area contributed by atoms with Gasteiger partial charge in [-0.25, -0.2) is 9.97 Å². The van der Waals surface area contributed by atoms with Crippen LogP contribution >= 0.6 is 0 Å². The lowest BCUT2D eigenvalue weighted by Crippen LogP contribution is -2.48. The van der Waals surface area contributed by atoms with Crippen LogP contribution < -0.4 is 10.2 Å². The number of amides is 1. The molecule has 10 nitrogen and oxygen atoms in total. The number of carbonyl (C=O) groups is 1. The van der Waals surface area contributed by atoms with Gasteiger partial charge in [-0.3, -0.25) is 14.2 Å². The molecule has 3 aromatic heterocycles. The fourth-order valence-corrected chi connectivity index (χ4v) is 7.77. The van der Waals surface area contributed by atoms with Crippen LogP contribution in [-0.2, 0) is 38.2 Å². The summed E-state index contributed by atoms with van der Waals surface area (Å²) in [5, 5.41) is 13.0. The Morgan fingerprint density at radius 1 is 0.979 bits per heavy atom. The highest BCUT2D eigenvalue weighted by Gasteiger charge is 2.31. The minimum atomic E-state index is 0.156. The summed E-state index contributed by atoms with van der Waals surface area (Å²) in [5.41, 5.74) is 12.7. The molecule has 246 valence electrons. The Morgan fingerprint density at radius 2 is 1.81 bits per heavy atom. The number of carbonyl (C=O) groups excluding carboxylic acids is 1. The maximum absolute atomic E-state index is 11.9. The van der Waals surface area contributed by atoms with Crippen LogP contribution in [0.25, 0.3) is 22.4 Å². The maximum Gasteiger partial charge on any atom is 0.227 e. The average Bonchev–Trinajstić information content (AvgIpc) is 3.66. The minimum absolute atomic E-state index is 0.156. The van der Waals surface area contributed by atoms with Crippen LogP contribution in [0.2, 0.25) is 0 Å². The van der Waals surface area contributed by atoms with Crippen LogP contribution in [0.1, 0.15) is 60.7 Å². The Kier molecular flexibility index (Phi) is 7.73. The summed E-state index contributed by atoms with van der Waals surface area (Å²) < 4.78 is 3.88. The Bertz CT molecular complexity index is 2000. The fourth-order valence-electron chi connectivity index (χ4n) is 7.77. The first-order valence-electron chi connectivity index (χ1n) is 17.2. The molecule has 2 aromatic carbocycles. The van der Waals surface area contributed by atoms with Gasteiger partial charge in [0.15, 0.2) is 0 Å². The van der Waals surface area contributed by atoms with Crippen molar-refractivity contribution in [1.29, 1.82) is 0 Å². The molecule has 0 radical (unpaired) electrons. The molecule has 0 spiro atoms. The molecule has 10 heteroatoms. The van der Waals surface area contributed by atoms with E-state index in [4.69, 9.17) is 15.1 Å². The van der Waals surface area contributed by atoms with E-state index < -0.39 is 0 Å². The number of nitrogens with zero attached hydrogens (tertiary/aromatic N) is 8. The summed E-state index contributed by atoms with van der Waals surface area (Å²) in [7, 11) is 3.99. The van der Waals surface area contributed by atoms with Crippen LogP contribution in [0.5, 0.6) is 0 Å². The highest BCUT2D eigenvalue weighted by atomic mass is 16.2. The first-order valence-corrected chi connectivity index (χ1v) is 17.2. The molecule has 1 saturated heterocycles. The summed E-state index contributed by atoms with van der Waals surface area (Å²) in [4.78, 5) is 26.2. The molecule has 8 rings (SSSR count). The molecule has 1 N–H and O–H groups in total. The second-order valence-electron chi connectivity index (χ2n) is 13.9. The van der Waals surface area contributed by atoms with Gasteiger partial charge in [0.2, 0.25) is 11.9 Å². The first-order chi connectivity index (χ1) is 23.3. The van der Waals surface area contributed by atoms with Gasteiger partial charge in [-0.2, -0.15) is 10.2 Å². The molecule has 2 fully saturated rings. The van der Waals surface area contributed by atoms with Crippen molar-refractivity contribution in [3.05, 3.63) is 89.1 Å². The van der Waals surface area contributed by atoms with Crippen LogP contribution in [0.3, 0.4) is 0 Å². The quantitative estimate of drug-likeness (QED) is 0.237. The van der Waals surface area contributed by atoms with E-state index in [0.29, 0.717) is 11.9 Å². The van der Waals surface area contributed by atoms with Crippen LogP contribution in [-0.4, -0.2) is 66.5 Å². The second kappa shape index (κ2) is 12.2.